The maximum atomic E-state index is 13.2. The van der Waals surface area contributed by atoms with Gasteiger partial charge in [0.05, 0.1) is 25.2 Å². The zero-order valence-electron chi connectivity index (χ0n) is 38.9. The average Bonchev–Trinajstić information content (AvgIpc) is 3.23. The number of carbonyl (C=O) groups excluding carboxylic acids is 2. The van der Waals surface area contributed by atoms with E-state index in [9.17, 15) is 19.8 Å². The summed E-state index contributed by atoms with van der Waals surface area (Å²) in [5.41, 5.74) is 0. The van der Waals surface area contributed by atoms with Crippen LogP contribution in [0.25, 0.3) is 0 Å². The van der Waals surface area contributed by atoms with Crippen molar-refractivity contribution in [2.45, 2.75) is 257 Å². The van der Waals surface area contributed by atoms with E-state index in [-0.39, 0.29) is 24.9 Å². The van der Waals surface area contributed by atoms with Crippen LogP contribution in [0.1, 0.15) is 239 Å². The molecule has 6 nitrogen and oxygen atoms in total. The summed E-state index contributed by atoms with van der Waals surface area (Å²) in [4.78, 5) is 26.1. The maximum Gasteiger partial charge on any atom is 0.306 e. The van der Waals surface area contributed by atoms with Gasteiger partial charge in [-0.3, -0.25) is 9.59 Å². The van der Waals surface area contributed by atoms with Crippen LogP contribution < -0.4 is 5.32 Å². The Hall–Kier alpha value is -2.44. The van der Waals surface area contributed by atoms with Gasteiger partial charge in [-0.15, -0.1) is 0 Å². The standard InChI is InChI=1S/C53H95NO5/c1-4-7-10-13-16-19-22-25-26-28-30-33-36-39-42-45-51(56)50(48-55)54-52(57)47-49(44-41-38-35-32-29-27-23-20-17-14-11-8-5-2)59-53(58)46-43-40-37-34-31-24-21-18-15-12-9-6-3/h8,11,14,17,20,23,27,29,32,35,49-51,55-56H,4-7,9-10,12-13,15-16,18-19,21-22,24-26,28,30-31,33-34,36-48H2,1-3H3,(H,54,57)/b11-8+,17-14+,23-20-,29-27-,35-32+. The van der Waals surface area contributed by atoms with Crippen LogP contribution in [0.3, 0.4) is 0 Å². The lowest BCUT2D eigenvalue weighted by Crippen LogP contribution is -2.46. The van der Waals surface area contributed by atoms with E-state index in [1.165, 1.54) is 135 Å². The van der Waals surface area contributed by atoms with E-state index in [1.54, 1.807) is 0 Å². The Bertz CT molecular complexity index is 1060. The molecular weight excluding hydrogens is 731 g/mol. The Morgan fingerprint density at radius 1 is 0.508 bits per heavy atom. The van der Waals surface area contributed by atoms with Crippen molar-refractivity contribution in [1.29, 1.82) is 0 Å². The molecule has 0 radical (unpaired) electrons. The van der Waals surface area contributed by atoms with Gasteiger partial charge in [0.2, 0.25) is 5.91 Å². The largest absolute Gasteiger partial charge is 0.462 e. The molecule has 0 aromatic rings. The number of aliphatic hydroxyl groups is 2. The molecule has 3 N–H and O–H groups in total. The van der Waals surface area contributed by atoms with E-state index < -0.39 is 18.2 Å². The molecule has 3 atom stereocenters. The topological polar surface area (TPSA) is 95.9 Å². The summed E-state index contributed by atoms with van der Waals surface area (Å²) in [7, 11) is 0. The molecule has 0 bridgehead atoms. The molecule has 0 heterocycles. The van der Waals surface area contributed by atoms with Crippen molar-refractivity contribution < 1.29 is 24.5 Å². The van der Waals surface area contributed by atoms with Crippen molar-refractivity contribution in [2.24, 2.45) is 0 Å². The predicted octanol–water partition coefficient (Wildman–Crippen LogP) is 14.8. The Kier molecular flexibility index (Phi) is 44.7. The van der Waals surface area contributed by atoms with Gasteiger partial charge in [0.15, 0.2) is 0 Å². The molecule has 0 aromatic carbocycles. The van der Waals surface area contributed by atoms with Gasteiger partial charge in [-0.05, 0) is 38.5 Å². The number of hydrogen-bond acceptors (Lipinski definition) is 5. The number of hydrogen-bond donors (Lipinski definition) is 3. The highest BCUT2D eigenvalue weighted by molar-refractivity contribution is 5.77. The normalized spacial score (nSPS) is 13.8. The lowest BCUT2D eigenvalue weighted by Gasteiger charge is -2.24. The Balaban J connectivity index is 4.64. The third kappa shape index (κ3) is 42.1. The van der Waals surface area contributed by atoms with E-state index in [4.69, 9.17) is 4.74 Å². The summed E-state index contributed by atoms with van der Waals surface area (Å²) in [6.45, 7) is 6.32. The van der Waals surface area contributed by atoms with Crippen LogP contribution in [0.4, 0.5) is 0 Å². The highest BCUT2D eigenvalue weighted by Gasteiger charge is 2.24. The zero-order valence-corrected chi connectivity index (χ0v) is 38.9. The number of esters is 1. The summed E-state index contributed by atoms with van der Waals surface area (Å²) < 4.78 is 5.88. The molecule has 6 heteroatoms. The monoisotopic (exact) mass is 826 g/mol. The number of nitrogens with one attached hydrogen (secondary N) is 1. The molecule has 0 aromatic heterocycles. The van der Waals surface area contributed by atoms with E-state index in [1.807, 2.05) is 48.6 Å². The van der Waals surface area contributed by atoms with Crippen molar-refractivity contribution in [2.75, 3.05) is 6.61 Å². The second-order valence-corrected chi connectivity index (χ2v) is 17.0. The molecule has 0 fully saturated rings. The van der Waals surface area contributed by atoms with Crippen LogP contribution in [-0.4, -0.2) is 46.9 Å². The Labute approximate surface area is 365 Å². The van der Waals surface area contributed by atoms with Crippen molar-refractivity contribution in [3.05, 3.63) is 60.8 Å². The van der Waals surface area contributed by atoms with Crippen LogP contribution >= 0.6 is 0 Å². The molecule has 342 valence electrons. The highest BCUT2D eigenvalue weighted by atomic mass is 16.5. The fourth-order valence-electron chi connectivity index (χ4n) is 7.46. The van der Waals surface area contributed by atoms with Crippen molar-refractivity contribution in [3.8, 4) is 0 Å². The second kappa shape index (κ2) is 46.6. The smallest absolute Gasteiger partial charge is 0.306 e. The lowest BCUT2D eigenvalue weighted by molar-refractivity contribution is -0.151. The fraction of sp³-hybridized carbons (Fsp3) is 0.774. The van der Waals surface area contributed by atoms with Crippen molar-refractivity contribution in [1.82, 2.24) is 5.32 Å². The number of aliphatic hydroxyl groups excluding tert-OH is 2. The SMILES string of the molecule is CC/C=C/C=C/C=C\C=C/C=C/CCCC(CC(=O)NC(CO)C(O)CCCCCCCCCCCCCCCCC)OC(=O)CCCCCCCCCCCCCC. The summed E-state index contributed by atoms with van der Waals surface area (Å²) in [5, 5.41) is 23.7. The average molecular weight is 826 g/mol. The molecule has 3 unspecified atom stereocenters. The van der Waals surface area contributed by atoms with Gasteiger partial charge in [-0.25, -0.2) is 0 Å². The van der Waals surface area contributed by atoms with E-state index >= 15 is 0 Å². The van der Waals surface area contributed by atoms with Gasteiger partial charge in [0, 0.05) is 6.42 Å². The van der Waals surface area contributed by atoms with E-state index in [0.29, 0.717) is 19.3 Å². The van der Waals surface area contributed by atoms with Gasteiger partial charge >= 0.3 is 5.97 Å². The quantitative estimate of drug-likeness (QED) is 0.0323. The van der Waals surface area contributed by atoms with E-state index in [2.05, 4.69) is 38.2 Å². The zero-order chi connectivity index (χ0) is 43.1. The molecule has 0 aliphatic heterocycles. The molecular formula is C53H95NO5. The fourth-order valence-corrected chi connectivity index (χ4v) is 7.46. The minimum Gasteiger partial charge on any atom is -0.462 e. The molecule has 0 rings (SSSR count). The first-order valence-corrected chi connectivity index (χ1v) is 25.1. The van der Waals surface area contributed by atoms with Crippen LogP contribution in [0.5, 0.6) is 0 Å². The molecule has 59 heavy (non-hydrogen) atoms. The third-order valence-corrected chi connectivity index (χ3v) is 11.2. The van der Waals surface area contributed by atoms with Gasteiger partial charge in [0.25, 0.3) is 0 Å². The van der Waals surface area contributed by atoms with Crippen LogP contribution in [0.2, 0.25) is 0 Å². The Morgan fingerprint density at radius 2 is 0.915 bits per heavy atom. The molecule has 0 aliphatic rings. The summed E-state index contributed by atoms with van der Waals surface area (Å²) >= 11 is 0. The molecule has 0 spiro atoms. The first-order chi connectivity index (χ1) is 29.0. The number of unbranched alkanes of at least 4 members (excludes halogenated alkanes) is 26. The lowest BCUT2D eigenvalue weighted by atomic mass is 10.0. The summed E-state index contributed by atoms with van der Waals surface area (Å²) in [5.74, 6) is -0.543. The number of carbonyl (C=O) groups is 2. The number of ether oxygens (including phenoxy) is 1. The third-order valence-electron chi connectivity index (χ3n) is 11.2. The highest BCUT2D eigenvalue weighted by Crippen LogP contribution is 2.17. The molecule has 1 amide bonds. The summed E-state index contributed by atoms with van der Waals surface area (Å²) in [6, 6.07) is -0.723. The number of rotatable bonds is 44. The predicted molar refractivity (Wildman–Crippen MR) is 255 cm³/mol. The summed E-state index contributed by atoms with van der Waals surface area (Å²) in [6.07, 6.45) is 57.1. The number of amides is 1. The maximum absolute atomic E-state index is 13.2. The minimum atomic E-state index is -0.806. The van der Waals surface area contributed by atoms with Crippen LogP contribution in [-0.2, 0) is 14.3 Å². The molecule has 0 saturated carbocycles. The Morgan fingerprint density at radius 3 is 1.36 bits per heavy atom. The van der Waals surface area contributed by atoms with Gasteiger partial charge < -0.3 is 20.3 Å². The number of allylic oxidation sites excluding steroid dienone is 10. The van der Waals surface area contributed by atoms with Gasteiger partial charge in [-0.1, -0.05) is 248 Å². The van der Waals surface area contributed by atoms with E-state index in [0.717, 1.165) is 57.8 Å². The van der Waals surface area contributed by atoms with Crippen LogP contribution in [0.15, 0.2) is 60.8 Å². The minimum absolute atomic E-state index is 0.0295. The first-order valence-electron chi connectivity index (χ1n) is 25.1. The van der Waals surface area contributed by atoms with Crippen molar-refractivity contribution in [3.63, 3.8) is 0 Å². The van der Waals surface area contributed by atoms with Gasteiger partial charge in [0.1, 0.15) is 6.10 Å². The van der Waals surface area contributed by atoms with Crippen LogP contribution in [0, 0.1) is 0 Å². The van der Waals surface area contributed by atoms with Gasteiger partial charge in [-0.2, -0.15) is 0 Å². The van der Waals surface area contributed by atoms with Crippen molar-refractivity contribution >= 4 is 11.9 Å². The molecule has 0 aliphatic carbocycles. The second-order valence-electron chi connectivity index (χ2n) is 17.0. The first kappa shape index (κ1) is 56.6. The molecule has 0 saturated heterocycles.